The number of pyridine rings is 1. The Bertz CT molecular complexity index is 1050. The molecule has 2 N–H and O–H groups in total. The fraction of sp³-hybridized carbons (Fsp3) is 0.259. The van der Waals surface area contributed by atoms with Crippen LogP contribution in [0.2, 0.25) is 0 Å². The number of aliphatic carboxylic acids is 1. The number of carboxylic acids is 1. The van der Waals surface area contributed by atoms with Crippen LogP contribution in [0.25, 0.3) is 17.0 Å². The molecule has 3 aromatic rings. The summed E-state index contributed by atoms with van der Waals surface area (Å²) < 4.78 is 11.1. The number of hydrogen-bond acceptors (Lipinski definition) is 6. The summed E-state index contributed by atoms with van der Waals surface area (Å²) in [6, 6.07) is 21.0. The topological polar surface area (TPSA) is 89.9 Å². The first-order valence-electron chi connectivity index (χ1n) is 11.1. The summed E-state index contributed by atoms with van der Waals surface area (Å²) in [5.74, 6) is -0.294. The first-order chi connectivity index (χ1) is 16.4. The quantitative estimate of drug-likeness (QED) is 0.280. The molecule has 1 heterocycles. The lowest BCUT2D eigenvalue weighted by Gasteiger charge is -2.16. The van der Waals surface area contributed by atoms with Gasteiger partial charge in [0.25, 0.3) is 0 Å². The van der Waals surface area contributed by atoms with Crippen LogP contribution in [0.3, 0.4) is 0 Å². The summed E-state index contributed by atoms with van der Waals surface area (Å²) in [5, 5.41) is 9.30. The van der Waals surface area contributed by atoms with Gasteiger partial charge in [-0.05, 0) is 49.2 Å². The van der Waals surface area contributed by atoms with Gasteiger partial charge in [-0.1, -0.05) is 49.0 Å². The number of aromatic nitrogens is 1. The zero-order valence-corrected chi connectivity index (χ0v) is 19.4. The maximum Gasteiger partial charge on any atom is 0.333 e. The Morgan fingerprint density at radius 3 is 2.38 bits per heavy atom. The minimum atomic E-state index is -0.968. The standard InChI is InChI=1S/C27H30N2O5/c1-19(2)34-26(27(30)31)18-21-7-13-24(14-8-21)32-16-17-33-29-20(3)22-9-11-23(12-10-22)25-6-4-5-15-28-25/h4-15,19,26,29H,3,16-18H2,1-2H3,(H,30,31). The molecule has 2 aromatic carbocycles. The number of carbonyl (C=O) groups is 1. The molecule has 0 aliphatic carbocycles. The van der Waals surface area contributed by atoms with Crippen LogP contribution in [0.4, 0.5) is 0 Å². The molecule has 0 aliphatic rings. The summed E-state index contributed by atoms with van der Waals surface area (Å²) >= 11 is 0. The molecule has 0 bridgehead atoms. The molecule has 0 aliphatic heterocycles. The first kappa shape index (κ1) is 25.0. The fourth-order valence-corrected chi connectivity index (χ4v) is 3.23. The van der Waals surface area contributed by atoms with Crippen LogP contribution in [-0.4, -0.2) is 41.5 Å². The van der Waals surface area contributed by atoms with E-state index in [4.69, 9.17) is 14.3 Å². The van der Waals surface area contributed by atoms with Crippen molar-refractivity contribution in [1.29, 1.82) is 0 Å². The van der Waals surface area contributed by atoms with Crippen molar-refractivity contribution in [2.75, 3.05) is 13.2 Å². The Labute approximate surface area is 200 Å². The number of rotatable bonds is 13. The molecule has 0 amide bonds. The van der Waals surface area contributed by atoms with Crippen molar-refractivity contribution in [3.05, 3.63) is 90.6 Å². The Morgan fingerprint density at radius 1 is 1.03 bits per heavy atom. The molecule has 34 heavy (non-hydrogen) atoms. The van der Waals surface area contributed by atoms with Crippen LogP contribution in [0, 0.1) is 0 Å². The largest absolute Gasteiger partial charge is 0.491 e. The van der Waals surface area contributed by atoms with Crippen LogP contribution in [0.15, 0.2) is 79.5 Å². The third-order valence-corrected chi connectivity index (χ3v) is 4.90. The van der Waals surface area contributed by atoms with Crippen molar-refractivity contribution in [3.8, 4) is 17.0 Å². The van der Waals surface area contributed by atoms with Crippen molar-refractivity contribution in [3.63, 3.8) is 0 Å². The maximum absolute atomic E-state index is 11.3. The molecule has 1 aromatic heterocycles. The van der Waals surface area contributed by atoms with Crippen molar-refractivity contribution >= 4 is 11.7 Å². The number of ether oxygens (including phenoxy) is 2. The first-order valence-corrected chi connectivity index (χ1v) is 11.1. The van der Waals surface area contributed by atoms with Crippen molar-refractivity contribution < 1.29 is 24.2 Å². The van der Waals surface area contributed by atoms with Crippen LogP contribution in [0.5, 0.6) is 5.75 Å². The molecule has 0 fully saturated rings. The Morgan fingerprint density at radius 2 is 1.76 bits per heavy atom. The number of hydrogen-bond donors (Lipinski definition) is 2. The third-order valence-electron chi connectivity index (χ3n) is 4.90. The van der Waals surface area contributed by atoms with Crippen molar-refractivity contribution in [2.24, 2.45) is 0 Å². The van der Waals surface area contributed by atoms with Gasteiger partial charge in [-0.2, -0.15) is 0 Å². The molecule has 7 nitrogen and oxygen atoms in total. The lowest BCUT2D eigenvalue weighted by Crippen LogP contribution is -2.29. The molecular weight excluding hydrogens is 432 g/mol. The molecule has 7 heteroatoms. The van der Waals surface area contributed by atoms with E-state index in [-0.39, 0.29) is 6.10 Å². The minimum Gasteiger partial charge on any atom is -0.491 e. The normalized spacial score (nSPS) is 11.7. The van der Waals surface area contributed by atoms with Gasteiger partial charge in [-0.15, -0.1) is 0 Å². The SMILES string of the molecule is C=C(NOCCOc1ccc(CC(OC(C)C)C(=O)O)cc1)c1ccc(-c2ccccn2)cc1. The van der Waals surface area contributed by atoms with Gasteiger partial charge >= 0.3 is 5.97 Å². The lowest BCUT2D eigenvalue weighted by atomic mass is 10.1. The predicted molar refractivity (Wildman–Crippen MR) is 131 cm³/mol. The van der Waals surface area contributed by atoms with Crippen LogP contribution < -0.4 is 10.2 Å². The third kappa shape index (κ3) is 7.72. The Hall–Kier alpha value is -3.68. The minimum absolute atomic E-state index is 0.153. The molecular formula is C27H30N2O5. The molecule has 0 spiro atoms. The zero-order valence-electron chi connectivity index (χ0n) is 19.4. The second-order valence-electron chi connectivity index (χ2n) is 7.93. The van der Waals surface area contributed by atoms with Gasteiger partial charge in [-0.25, -0.2) is 4.79 Å². The van der Waals surface area contributed by atoms with E-state index >= 15 is 0 Å². The number of nitrogens with one attached hydrogen (secondary N) is 1. The van der Waals surface area contributed by atoms with Gasteiger partial charge in [0.2, 0.25) is 0 Å². The van der Waals surface area contributed by atoms with Crippen LogP contribution in [0.1, 0.15) is 25.0 Å². The van der Waals surface area contributed by atoms with E-state index in [0.29, 0.717) is 31.1 Å². The summed E-state index contributed by atoms with van der Waals surface area (Å²) in [5.41, 5.74) is 7.21. The van der Waals surface area contributed by atoms with E-state index in [1.807, 2.05) is 68.4 Å². The fourth-order valence-electron chi connectivity index (χ4n) is 3.23. The summed E-state index contributed by atoms with van der Waals surface area (Å²) in [6.45, 7) is 8.29. The van der Waals surface area contributed by atoms with Crippen LogP contribution in [-0.2, 0) is 20.8 Å². The monoisotopic (exact) mass is 462 g/mol. The highest BCUT2D eigenvalue weighted by atomic mass is 16.7. The van der Waals surface area contributed by atoms with E-state index < -0.39 is 12.1 Å². The van der Waals surface area contributed by atoms with Crippen molar-refractivity contribution in [2.45, 2.75) is 32.5 Å². The van der Waals surface area contributed by atoms with E-state index in [1.165, 1.54) is 0 Å². The summed E-state index contributed by atoms with van der Waals surface area (Å²) in [4.78, 5) is 21.1. The lowest BCUT2D eigenvalue weighted by molar-refractivity contribution is -0.153. The number of carboxylic acid groups (broad SMARTS) is 1. The number of hydroxylamine groups is 1. The summed E-state index contributed by atoms with van der Waals surface area (Å²) in [7, 11) is 0. The summed E-state index contributed by atoms with van der Waals surface area (Å²) in [6.07, 6.45) is 1.04. The zero-order chi connectivity index (χ0) is 24.3. The molecule has 0 radical (unpaired) electrons. The van der Waals surface area contributed by atoms with Gasteiger partial charge in [0.05, 0.1) is 17.5 Å². The van der Waals surface area contributed by atoms with Gasteiger partial charge in [0.15, 0.2) is 6.10 Å². The van der Waals surface area contributed by atoms with Crippen LogP contribution >= 0.6 is 0 Å². The maximum atomic E-state index is 11.3. The van der Waals surface area contributed by atoms with E-state index in [1.54, 1.807) is 18.3 Å². The average Bonchev–Trinajstić information content (AvgIpc) is 2.84. The molecule has 0 saturated heterocycles. The molecule has 3 rings (SSSR count). The van der Waals surface area contributed by atoms with E-state index in [2.05, 4.69) is 17.0 Å². The predicted octanol–water partition coefficient (Wildman–Crippen LogP) is 4.74. The second-order valence-corrected chi connectivity index (χ2v) is 7.93. The Kier molecular flexibility index (Phi) is 9.20. The highest BCUT2D eigenvalue weighted by Gasteiger charge is 2.20. The molecule has 1 atom stereocenters. The van der Waals surface area contributed by atoms with Crippen molar-refractivity contribution in [1.82, 2.24) is 10.5 Å². The number of benzene rings is 2. The molecule has 0 saturated carbocycles. The Balaban J connectivity index is 1.38. The van der Waals surface area contributed by atoms with Gasteiger partial charge in [-0.3, -0.25) is 15.3 Å². The molecule has 1 unspecified atom stereocenters. The highest BCUT2D eigenvalue weighted by molar-refractivity contribution is 5.72. The highest BCUT2D eigenvalue weighted by Crippen LogP contribution is 2.19. The number of nitrogens with zero attached hydrogens (tertiary/aromatic N) is 1. The average molecular weight is 463 g/mol. The van der Waals surface area contributed by atoms with Gasteiger partial charge in [0, 0.05) is 18.2 Å². The van der Waals surface area contributed by atoms with E-state index in [0.717, 1.165) is 22.4 Å². The second kappa shape index (κ2) is 12.5. The molecule has 178 valence electrons. The van der Waals surface area contributed by atoms with Gasteiger partial charge < -0.3 is 14.6 Å². The van der Waals surface area contributed by atoms with Gasteiger partial charge in [0.1, 0.15) is 19.0 Å². The smallest absolute Gasteiger partial charge is 0.333 e. The van der Waals surface area contributed by atoms with E-state index in [9.17, 15) is 9.90 Å².